The number of aromatic nitrogens is 4. The van der Waals surface area contributed by atoms with Gasteiger partial charge in [0.2, 0.25) is 5.91 Å². The average molecular weight is 821 g/mol. The molecule has 5 heterocycles. The highest BCUT2D eigenvalue weighted by Crippen LogP contribution is 2.43. The van der Waals surface area contributed by atoms with E-state index in [2.05, 4.69) is 45.6 Å². The van der Waals surface area contributed by atoms with Gasteiger partial charge in [0.1, 0.15) is 30.0 Å². The van der Waals surface area contributed by atoms with Crippen LogP contribution in [0.5, 0.6) is 5.75 Å². The van der Waals surface area contributed by atoms with Crippen molar-refractivity contribution < 1.29 is 38.1 Å². The highest BCUT2D eigenvalue weighted by atomic mass is 16.6. The number of imidazole rings is 2. The Kier molecular flexibility index (Phi) is 11.2. The van der Waals surface area contributed by atoms with Crippen molar-refractivity contribution in [3.8, 4) is 28.1 Å². The van der Waals surface area contributed by atoms with E-state index in [1.54, 1.807) is 16.0 Å². The smallest absolute Gasteiger partial charge is 0.407 e. The largest absolute Gasteiger partial charge is 0.488 e. The third kappa shape index (κ3) is 7.59. The number of carbonyl (C=O) groups is 4. The summed E-state index contributed by atoms with van der Waals surface area (Å²) >= 11 is 0. The first-order valence-electron chi connectivity index (χ1n) is 20.7. The topological polar surface area (TPSA) is 207 Å². The van der Waals surface area contributed by atoms with Crippen molar-refractivity contribution in [1.82, 2.24) is 35.1 Å². The molecule has 0 bridgehead atoms. The van der Waals surface area contributed by atoms with E-state index in [0.29, 0.717) is 44.4 Å². The molecule has 2 fully saturated rings. The maximum absolute atomic E-state index is 14.0. The van der Waals surface area contributed by atoms with Crippen LogP contribution in [0.1, 0.15) is 83.2 Å². The van der Waals surface area contributed by atoms with Crippen molar-refractivity contribution in [3.05, 3.63) is 65.9 Å². The van der Waals surface area contributed by atoms with Crippen LogP contribution >= 0.6 is 0 Å². The Hall–Kier alpha value is -6.16. The highest BCUT2D eigenvalue weighted by Gasteiger charge is 2.42. The Morgan fingerprint density at radius 3 is 2.52 bits per heavy atom. The first-order valence-corrected chi connectivity index (χ1v) is 20.7. The lowest BCUT2D eigenvalue weighted by atomic mass is 9.92. The zero-order valence-corrected chi connectivity index (χ0v) is 34.7. The second-order valence-electron chi connectivity index (χ2n) is 16.5. The number of H-pyrrole nitrogens is 2. The molecule has 2 unspecified atom stereocenters. The fourth-order valence-corrected chi connectivity index (χ4v) is 8.89. The molecule has 3 aliphatic heterocycles. The van der Waals surface area contributed by atoms with Crippen LogP contribution in [0.15, 0.2) is 48.7 Å². The quantitative estimate of drug-likeness (QED) is 0.114. The van der Waals surface area contributed by atoms with Crippen LogP contribution < -0.4 is 15.8 Å². The van der Waals surface area contributed by atoms with Crippen LogP contribution in [0.25, 0.3) is 44.2 Å². The number of hydrogen-bond acceptors (Lipinski definition) is 10. The van der Waals surface area contributed by atoms with Crippen LogP contribution in [0, 0.1) is 11.8 Å². The number of carbonyl (C=O) groups excluding carboxylic acids is 4. The van der Waals surface area contributed by atoms with Gasteiger partial charge in [-0.15, -0.1) is 0 Å². The zero-order valence-electron chi connectivity index (χ0n) is 34.7. The van der Waals surface area contributed by atoms with Crippen LogP contribution in [0.3, 0.4) is 0 Å². The van der Waals surface area contributed by atoms with Crippen LogP contribution in [-0.4, -0.2) is 98.8 Å². The molecule has 16 heteroatoms. The second-order valence-corrected chi connectivity index (χ2v) is 16.5. The molecule has 5 aromatic rings. The molecule has 2 saturated heterocycles. The predicted octanol–water partition coefficient (Wildman–Crippen LogP) is 6.51. The summed E-state index contributed by atoms with van der Waals surface area (Å²) in [6.07, 6.45) is 1.10. The fraction of sp³-hybridized carbons (Fsp3) is 0.455. The number of fused-ring (bicyclic) bond motifs is 6. The van der Waals surface area contributed by atoms with Crippen molar-refractivity contribution in [3.63, 3.8) is 0 Å². The lowest BCUT2D eigenvalue weighted by molar-refractivity contribution is -0.143. The first kappa shape index (κ1) is 40.6. The van der Waals surface area contributed by atoms with Crippen LogP contribution in [-0.2, 0) is 30.4 Å². The van der Waals surface area contributed by atoms with E-state index < -0.39 is 30.4 Å². The van der Waals surface area contributed by atoms with Gasteiger partial charge < -0.3 is 49.8 Å². The molecule has 5 atom stereocenters. The van der Waals surface area contributed by atoms with Crippen molar-refractivity contribution in [2.24, 2.45) is 17.6 Å². The van der Waals surface area contributed by atoms with E-state index in [4.69, 9.17) is 34.6 Å². The third-order valence-corrected chi connectivity index (χ3v) is 11.9. The Labute approximate surface area is 347 Å². The second kappa shape index (κ2) is 16.5. The summed E-state index contributed by atoms with van der Waals surface area (Å²) in [6.45, 7) is 11.1. The van der Waals surface area contributed by atoms with E-state index >= 15 is 0 Å². The fourth-order valence-electron chi connectivity index (χ4n) is 8.89. The summed E-state index contributed by atoms with van der Waals surface area (Å²) < 4.78 is 22.4. The summed E-state index contributed by atoms with van der Waals surface area (Å²) in [4.78, 5) is 71.5. The Morgan fingerprint density at radius 1 is 0.967 bits per heavy atom. The molecular weight excluding hydrogens is 769 g/mol. The van der Waals surface area contributed by atoms with Crippen molar-refractivity contribution >= 4 is 45.8 Å². The lowest BCUT2D eigenvalue weighted by Crippen LogP contribution is -2.51. The summed E-state index contributed by atoms with van der Waals surface area (Å²) in [7, 11) is 1.28. The number of ether oxygens (including phenoxy) is 4. The number of nitrogens with two attached hydrogens (primary N) is 1. The first-order chi connectivity index (χ1) is 28.8. The lowest BCUT2D eigenvalue weighted by Gasteiger charge is -2.29. The minimum Gasteiger partial charge on any atom is -0.488 e. The third-order valence-electron chi connectivity index (χ3n) is 11.9. The molecule has 5 N–H and O–H groups in total. The molecule has 316 valence electrons. The Morgan fingerprint density at radius 2 is 1.78 bits per heavy atom. The standard InChI is InChI=1S/C44H52N8O8/c1-7-58-27-17-34(52(20-27)41(53)36(22(2)3)50-44(56)57-6)40-47-31-13-11-24-16-30-28-12-10-25(15-26(28)21-59-35(30)18-29(24)37(31)49-40)32-19-46-39(48-32)33-9-8-14-51(33)42(54)38(23(4)5)60-43(45)55/h10-13,15-16,18-19,22-23,27,33-34,36,38H,7-9,14,17,20-21H2,1-6H3,(H2,45,55)(H,46,48)(H,47,49)(H,50,56)/t27-,33-,34-,36?,38?/m0/s1. The average Bonchev–Trinajstić information content (AvgIpc) is 4.06. The summed E-state index contributed by atoms with van der Waals surface area (Å²) in [5.41, 5.74) is 11.7. The van der Waals surface area contributed by atoms with Gasteiger partial charge in [-0.1, -0.05) is 45.9 Å². The number of primary amides is 1. The van der Waals surface area contributed by atoms with Gasteiger partial charge in [0.15, 0.2) is 6.10 Å². The number of amides is 4. The van der Waals surface area contributed by atoms with Crippen LogP contribution in [0.2, 0.25) is 0 Å². The van der Waals surface area contributed by atoms with Gasteiger partial charge in [-0.2, -0.15) is 0 Å². The Balaban J connectivity index is 1.05. The normalized spacial score (nSPS) is 19.6. The van der Waals surface area contributed by atoms with Gasteiger partial charge >= 0.3 is 12.2 Å². The van der Waals surface area contributed by atoms with Gasteiger partial charge in [0.25, 0.3) is 5.91 Å². The summed E-state index contributed by atoms with van der Waals surface area (Å²) in [5.74, 6) is 1.17. The number of rotatable bonds is 11. The molecule has 0 saturated carbocycles. The summed E-state index contributed by atoms with van der Waals surface area (Å²) in [5, 5.41) is 4.63. The molecule has 3 aromatic carbocycles. The number of aromatic amines is 2. The number of nitrogens with one attached hydrogen (secondary N) is 3. The molecular formula is C44H52N8O8. The van der Waals surface area contributed by atoms with Gasteiger partial charge in [-0.05, 0) is 77.9 Å². The van der Waals surface area contributed by atoms with Crippen molar-refractivity contribution in [1.29, 1.82) is 0 Å². The molecule has 60 heavy (non-hydrogen) atoms. The number of hydrogen-bond donors (Lipinski definition) is 4. The highest BCUT2D eigenvalue weighted by molar-refractivity contribution is 6.07. The Bertz CT molecular complexity index is 2460. The maximum atomic E-state index is 14.0. The molecule has 0 spiro atoms. The number of likely N-dealkylation sites (tertiary alicyclic amines) is 2. The van der Waals surface area contributed by atoms with E-state index in [0.717, 1.165) is 68.3 Å². The molecule has 0 aliphatic carbocycles. The minimum atomic E-state index is -0.971. The predicted molar refractivity (Wildman–Crippen MR) is 223 cm³/mol. The van der Waals surface area contributed by atoms with Gasteiger partial charge in [-0.3, -0.25) is 9.59 Å². The molecule has 8 rings (SSSR count). The molecule has 16 nitrogen and oxygen atoms in total. The van der Waals surface area contributed by atoms with Gasteiger partial charge in [0.05, 0.1) is 48.2 Å². The van der Waals surface area contributed by atoms with Gasteiger partial charge in [-0.25, -0.2) is 19.6 Å². The van der Waals surface area contributed by atoms with E-state index in [-0.39, 0.29) is 35.8 Å². The van der Waals surface area contributed by atoms with E-state index in [1.165, 1.54) is 7.11 Å². The molecule has 4 amide bonds. The number of benzene rings is 3. The molecule has 0 radical (unpaired) electrons. The maximum Gasteiger partial charge on any atom is 0.407 e. The monoisotopic (exact) mass is 820 g/mol. The van der Waals surface area contributed by atoms with E-state index in [9.17, 15) is 19.2 Å². The number of nitrogens with zero attached hydrogens (tertiary/aromatic N) is 4. The van der Waals surface area contributed by atoms with Crippen molar-refractivity contribution in [2.75, 3.05) is 26.8 Å². The molecule has 3 aliphatic rings. The van der Waals surface area contributed by atoms with Crippen molar-refractivity contribution in [2.45, 2.75) is 90.8 Å². The van der Waals surface area contributed by atoms with E-state index in [1.807, 2.05) is 46.8 Å². The minimum absolute atomic E-state index is 0.174. The number of methoxy groups -OCH3 is 1. The van der Waals surface area contributed by atoms with Crippen LogP contribution in [0.4, 0.5) is 9.59 Å². The zero-order chi connectivity index (χ0) is 42.4. The number of alkyl carbamates (subject to hydrolysis) is 1. The van der Waals surface area contributed by atoms with Gasteiger partial charge in [0, 0.05) is 37.1 Å². The SMILES string of the molecule is CCO[C@H]1C[C@@H](c2nc3c(ccc4cc5c(cc43)OCc3cc(-c4cnc([C@@H]6CCCN6C(=O)C(OC(N)=O)C(C)C)[nH]4)ccc3-5)[nH]2)N(C(=O)C(NC(=O)OC)C(C)C)C1. The molecule has 2 aromatic heterocycles. The summed E-state index contributed by atoms with van der Waals surface area (Å²) in [6, 6.07) is 13.1.